The van der Waals surface area contributed by atoms with Crippen molar-refractivity contribution in [3.05, 3.63) is 84.6 Å². The quantitative estimate of drug-likeness (QED) is 0.581. The molecule has 2 atom stereocenters. The summed E-state index contributed by atoms with van der Waals surface area (Å²) in [7, 11) is 1.71. The summed E-state index contributed by atoms with van der Waals surface area (Å²) in [5.74, 6) is 1.47. The molecule has 6 heteroatoms. The fourth-order valence-electron chi connectivity index (χ4n) is 3.25. The molecule has 3 aromatic rings. The van der Waals surface area contributed by atoms with E-state index in [-0.39, 0.29) is 12.1 Å². The van der Waals surface area contributed by atoms with Gasteiger partial charge in [0.1, 0.15) is 5.76 Å². The SMILES string of the molecule is COC1C=CC=C(Nc2nccc(-c3cccc(NC(C)c4ccco4)c3)n2)C1. The molecule has 2 aromatic heterocycles. The first-order chi connectivity index (χ1) is 14.2. The number of furan rings is 1. The molecule has 0 aliphatic heterocycles. The van der Waals surface area contributed by atoms with E-state index < -0.39 is 0 Å². The summed E-state index contributed by atoms with van der Waals surface area (Å²) in [6.45, 7) is 2.07. The molecule has 2 heterocycles. The van der Waals surface area contributed by atoms with Crippen molar-refractivity contribution >= 4 is 11.6 Å². The number of allylic oxidation sites excluding steroid dienone is 2. The molecule has 2 N–H and O–H groups in total. The van der Waals surface area contributed by atoms with Crippen molar-refractivity contribution in [3.8, 4) is 11.3 Å². The van der Waals surface area contributed by atoms with E-state index in [1.165, 1.54) is 0 Å². The minimum atomic E-state index is 0.0721. The van der Waals surface area contributed by atoms with Crippen LogP contribution in [0.3, 0.4) is 0 Å². The van der Waals surface area contributed by atoms with Gasteiger partial charge in [-0.25, -0.2) is 9.97 Å². The molecule has 0 bridgehead atoms. The second kappa shape index (κ2) is 8.75. The first kappa shape index (κ1) is 19.0. The van der Waals surface area contributed by atoms with Crippen LogP contribution in [-0.2, 0) is 4.74 Å². The summed E-state index contributed by atoms with van der Waals surface area (Å²) in [5, 5.41) is 6.76. The summed E-state index contributed by atoms with van der Waals surface area (Å²) in [6, 6.07) is 14.0. The van der Waals surface area contributed by atoms with Gasteiger partial charge in [0, 0.05) is 36.7 Å². The average Bonchev–Trinajstić information content (AvgIpc) is 3.29. The van der Waals surface area contributed by atoms with Crippen LogP contribution < -0.4 is 10.6 Å². The predicted octanol–water partition coefficient (Wildman–Crippen LogP) is 5.18. The van der Waals surface area contributed by atoms with Crippen LogP contribution in [-0.4, -0.2) is 23.2 Å². The Morgan fingerprint density at radius 2 is 2.14 bits per heavy atom. The predicted molar refractivity (Wildman–Crippen MR) is 114 cm³/mol. The van der Waals surface area contributed by atoms with E-state index in [1.54, 1.807) is 19.6 Å². The van der Waals surface area contributed by atoms with Crippen LogP contribution in [0.5, 0.6) is 0 Å². The van der Waals surface area contributed by atoms with Gasteiger partial charge in [0.25, 0.3) is 0 Å². The van der Waals surface area contributed by atoms with E-state index in [1.807, 2.05) is 54.6 Å². The van der Waals surface area contributed by atoms with Crippen molar-refractivity contribution in [3.63, 3.8) is 0 Å². The van der Waals surface area contributed by atoms with E-state index in [4.69, 9.17) is 9.15 Å². The van der Waals surface area contributed by atoms with Crippen LogP contribution in [0.15, 0.2) is 83.3 Å². The Morgan fingerprint density at radius 3 is 2.97 bits per heavy atom. The maximum Gasteiger partial charge on any atom is 0.227 e. The molecule has 4 rings (SSSR count). The largest absolute Gasteiger partial charge is 0.467 e. The smallest absolute Gasteiger partial charge is 0.227 e. The van der Waals surface area contributed by atoms with E-state index in [0.29, 0.717) is 5.95 Å². The van der Waals surface area contributed by atoms with Crippen LogP contribution in [0, 0.1) is 0 Å². The molecule has 29 heavy (non-hydrogen) atoms. The molecule has 1 aromatic carbocycles. The molecule has 0 fully saturated rings. The Balaban J connectivity index is 1.49. The third-order valence-corrected chi connectivity index (χ3v) is 4.79. The number of benzene rings is 1. The normalized spacial score (nSPS) is 16.9. The summed E-state index contributed by atoms with van der Waals surface area (Å²) in [5.41, 5.74) is 3.90. The van der Waals surface area contributed by atoms with Crippen LogP contribution in [0.4, 0.5) is 11.6 Å². The van der Waals surface area contributed by atoms with E-state index >= 15 is 0 Å². The van der Waals surface area contributed by atoms with Gasteiger partial charge in [0.05, 0.1) is 24.1 Å². The van der Waals surface area contributed by atoms with E-state index in [2.05, 4.69) is 33.6 Å². The van der Waals surface area contributed by atoms with Crippen molar-refractivity contribution < 1.29 is 9.15 Å². The zero-order chi connectivity index (χ0) is 20.1. The first-order valence-corrected chi connectivity index (χ1v) is 9.62. The zero-order valence-corrected chi connectivity index (χ0v) is 16.5. The number of hydrogen-bond acceptors (Lipinski definition) is 6. The van der Waals surface area contributed by atoms with Crippen LogP contribution >= 0.6 is 0 Å². The monoisotopic (exact) mass is 388 g/mol. The number of nitrogens with zero attached hydrogens (tertiary/aromatic N) is 2. The van der Waals surface area contributed by atoms with Gasteiger partial charge in [-0.05, 0) is 43.3 Å². The number of rotatable bonds is 7. The van der Waals surface area contributed by atoms with Crippen LogP contribution in [0.1, 0.15) is 25.1 Å². The second-order valence-corrected chi connectivity index (χ2v) is 6.91. The lowest BCUT2D eigenvalue weighted by Gasteiger charge is -2.18. The van der Waals surface area contributed by atoms with Gasteiger partial charge in [-0.2, -0.15) is 0 Å². The van der Waals surface area contributed by atoms with Gasteiger partial charge < -0.3 is 19.8 Å². The van der Waals surface area contributed by atoms with Gasteiger partial charge in [-0.3, -0.25) is 0 Å². The minimum absolute atomic E-state index is 0.0721. The van der Waals surface area contributed by atoms with Gasteiger partial charge in [-0.1, -0.05) is 24.3 Å². The Morgan fingerprint density at radius 1 is 1.21 bits per heavy atom. The Bertz CT molecular complexity index is 1010. The van der Waals surface area contributed by atoms with Crippen molar-refractivity contribution in [1.29, 1.82) is 0 Å². The standard InChI is InChI=1S/C23H24N4O2/c1-16(22-10-5-13-29-22)25-18-7-3-6-17(14-18)21-11-12-24-23(27-21)26-19-8-4-9-20(15-19)28-2/h3-14,16,20,25H,15H2,1-2H3,(H,24,26,27). The van der Waals surface area contributed by atoms with Gasteiger partial charge in [-0.15, -0.1) is 0 Å². The van der Waals surface area contributed by atoms with E-state index in [0.717, 1.165) is 34.8 Å². The topological polar surface area (TPSA) is 72.2 Å². The lowest BCUT2D eigenvalue weighted by molar-refractivity contribution is 0.140. The highest BCUT2D eigenvalue weighted by Gasteiger charge is 2.12. The van der Waals surface area contributed by atoms with Gasteiger partial charge >= 0.3 is 0 Å². The molecule has 2 unspecified atom stereocenters. The molecular formula is C23H24N4O2. The van der Waals surface area contributed by atoms with Crippen LogP contribution in [0.25, 0.3) is 11.3 Å². The summed E-state index contributed by atoms with van der Waals surface area (Å²) < 4.78 is 10.9. The Hall–Kier alpha value is -3.38. The van der Waals surface area contributed by atoms with Crippen LogP contribution in [0.2, 0.25) is 0 Å². The number of ether oxygens (including phenoxy) is 1. The third kappa shape index (κ3) is 4.73. The van der Waals surface area contributed by atoms with E-state index in [9.17, 15) is 0 Å². The molecule has 0 radical (unpaired) electrons. The number of aromatic nitrogens is 2. The average molecular weight is 388 g/mol. The fourth-order valence-corrected chi connectivity index (χ4v) is 3.25. The molecule has 148 valence electrons. The molecule has 1 aliphatic carbocycles. The molecule has 0 saturated heterocycles. The minimum Gasteiger partial charge on any atom is -0.467 e. The van der Waals surface area contributed by atoms with Gasteiger partial charge in [0.15, 0.2) is 0 Å². The molecular weight excluding hydrogens is 364 g/mol. The first-order valence-electron chi connectivity index (χ1n) is 9.62. The summed E-state index contributed by atoms with van der Waals surface area (Å²) in [6.07, 6.45) is 10.3. The van der Waals surface area contributed by atoms with Crippen molar-refractivity contribution in [2.24, 2.45) is 0 Å². The Labute approximate surface area is 170 Å². The maximum atomic E-state index is 5.48. The number of hydrogen-bond donors (Lipinski definition) is 2. The highest BCUT2D eigenvalue weighted by atomic mass is 16.5. The molecule has 0 saturated carbocycles. The molecule has 0 spiro atoms. The fraction of sp³-hybridized carbons (Fsp3) is 0.217. The van der Waals surface area contributed by atoms with Crippen molar-refractivity contribution in [2.75, 3.05) is 17.7 Å². The summed E-state index contributed by atoms with van der Waals surface area (Å²) in [4.78, 5) is 9.04. The highest BCUT2D eigenvalue weighted by molar-refractivity contribution is 5.66. The lowest BCUT2D eigenvalue weighted by Crippen LogP contribution is -2.15. The number of nitrogens with one attached hydrogen (secondary N) is 2. The Kier molecular flexibility index (Phi) is 5.72. The molecule has 1 aliphatic rings. The second-order valence-electron chi connectivity index (χ2n) is 6.91. The number of anilines is 2. The van der Waals surface area contributed by atoms with Crippen molar-refractivity contribution in [2.45, 2.75) is 25.5 Å². The van der Waals surface area contributed by atoms with Gasteiger partial charge in [0.2, 0.25) is 5.95 Å². The maximum absolute atomic E-state index is 5.48. The highest BCUT2D eigenvalue weighted by Crippen LogP contribution is 2.25. The zero-order valence-electron chi connectivity index (χ0n) is 16.5. The lowest BCUT2D eigenvalue weighted by atomic mass is 10.1. The number of methoxy groups -OCH3 is 1. The molecule has 0 amide bonds. The molecule has 6 nitrogen and oxygen atoms in total. The third-order valence-electron chi connectivity index (χ3n) is 4.79. The summed E-state index contributed by atoms with van der Waals surface area (Å²) >= 11 is 0. The van der Waals surface area contributed by atoms with Crippen molar-refractivity contribution in [1.82, 2.24) is 9.97 Å².